The fourth-order valence-corrected chi connectivity index (χ4v) is 2.08. The van der Waals surface area contributed by atoms with Crippen LogP contribution in [-0.2, 0) is 0 Å². The molecule has 2 rings (SSSR count). The Morgan fingerprint density at radius 2 is 1.89 bits per heavy atom. The molecule has 18 heavy (non-hydrogen) atoms. The topological polar surface area (TPSA) is 32.3 Å². The zero-order valence-electron chi connectivity index (χ0n) is 10.2. The monoisotopic (exact) mass is 261 g/mol. The normalized spacial score (nSPS) is 12.1. The summed E-state index contributed by atoms with van der Waals surface area (Å²) in [6.07, 6.45) is 0.975. The van der Waals surface area contributed by atoms with Crippen molar-refractivity contribution in [3.8, 4) is 5.75 Å². The molecule has 0 spiro atoms. The standard InChI is InChI=1S/C15H16ClNO/c1-2-14(11-6-4-3-5-7-11)17-12-8-9-15(18)13(16)10-12/h3-10,14,17-18H,2H2,1H3. The molecule has 3 heteroatoms. The van der Waals surface area contributed by atoms with E-state index in [9.17, 15) is 5.11 Å². The molecule has 0 heterocycles. The molecule has 0 fully saturated rings. The largest absolute Gasteiger partial charge is 0.506 e. The highest BCUT2D eigenvalue weighted by molar-refractivity contribution is 6.32. The number of hydrogen-bond acceptors (Lipinski definition) is 2. The highest BCUT2D eigenvalue weighted by Crippen LogP contribution is 2.29. The van der Waals surface area contributed by atoms with Crippen LogP contribution in [0, 0.1) is 0 Å². The molecule has 0 saturated carbocycles. The highest BCUT2D eigenvalue weighted by Gasteiger charge is 2.09. The Hall–Kier alpha value is -1.67. The summed E-state index contributed by atoms with van der Waals surface area (Å²) in [4.78, 5) is 0. The van der Waals surface area contributed by atoms with Crippen LogP contribution < -0.4 is 5.32 Å². The van der Waals surface area contributed by atoms with Gasteiger partial charge in [0.15, 0.2) is 0 Å². The molecule has 0 aliphatic carbocycles. The molecule has 0 aliphatic rings. The van der Waals surface area contributed by atoms with E-state index in [2.05, 4.69) is 24.4 Å². The van der Waals surface area contributed by atoms with Crippen molar-refractivity contribution < 1.29 is 5.11 Å². The van der Waals surface area contributed by atoms with Gasteiger partial charge in [0, 0.05) is 5.69 Å². The van der Waals surface area contributed by atoms with Crippen LogP contribution in [0.2, 0.25) is 5.02 Å². The smallest absolute Gasteiger partial charge is 0.134 e. The predicted octanol–water partition coefficient (Wildman–Crippen LogP) is 4.61. The molecule has 0 saturated heterocycles. The van der Waals surface area contributed by atoms with Crippen LogP contribution in [0.1, 0.15) is 24.9 Å². The Balaban J connectivity index is 2.18. The average molecular weight is 262 g/mol. The zero-order chi connectivity index (χ0) is 13.0. The van der Waals surface area contributed by atoms with Gasteiger partial charge < -0.3 is 10.4 Å². The van der Waals surface area contributed by atoms with Crippen molar-refractivity contribution in [3.63, 3.8) is 0 Å². The Morgan fingerprint density at radius 1 is 1.17 bits per heavy atom. The molecule has 2 aromatic carbocycles. The maximum Gasteiger partial charge on any atom is 0.134 e. The van der Waals surface area contributed by atoms with Crippen LogP contribution in [0.5, 0.6) is 5.75 Å². The Bertz CT molecular complexity index is 513. The van der Waals surface area contributed by atoms with E-state index >= 15 is 0 Å². The van der Waals surface area contributed by atoms with Gasteiger partial charge in [0.1, 0.15) is 5.75 Å². The number of aromatic hydroxyl groups is 1. The summed E-state index contributed by atoms with van der Waals surface area (Å²) in [6.45, 7) is 2.13. The van der Waals surface area contributed by atoms with Crippen molar-refractivity contribution in [1.82, 2.24) is 0 Å². The van der Waals surface area contributed by atoms with Gasteiger partial charge in [-0.2, -0.15) is 0 Å². The third kappa shape index (κ3) is 2.96. The molecule has 94 valence electrons. The lowest BCUT2D eigenvalue weighted by Gasteiger charge is -2.19. The second-order valence-corrected chi connectivity index (χ2v) is 4.59. The Morgan fingerprint density at radius 3 is 2.50 bits per heavy atom. The summed E-state index contributed by atoms with van der Waals surface area (Å²) < 4.78 is 0. The minimum absolute atomic E-state index is 0.106. The number of phenols is 1. The zero-order valence-corrected chi connectivity index (χ0v) is 11.0. The fourth-order valence-electron chi connectivity index (χ4n) is 1.90. The lowest BCUT2D eigenvalue weighted by Crippen LogP contribution is -2.09. The number of anilines is 1. The summed E-state index contributed by atoms with van der Waals surface area (Å²) in [5.41, 5.74) is 2.15. The van der Waals surface area contributed by atoms with Crippen molar-refractivity contribution in [2.24, 2.45) is 0 Å². The average Bonchev–Trinajstić information content (AvgIpc) is 2.41. The third-order valence-corrected chi connectivity index (χ3v) is 3.20. The van der Waals surface area contributed by atoms with Gasteiger partial charge >= 0.3 is 0 Å². The summed E-state index contributed by atoms with van der Waals surface area (Å²) >= 11 is 5.90. The number of benzene rings is 2. The van der Waals surface area contributed by atoms with Crippen LogP contribution in [0.25, 0.3) is 0 Å². The predicted molar refractivity (Wildman–Crippen MR) is 76.2 cm³/mol. The van der Waals surface area contributed by atoms with Crippen LogP contribution >= 0.6 is 11.6 Å². The fraction of sp³-hybridized carbons (Fsp3) is 0.200. The van der Waals surface area contributed by atoms with Gasteiger partial charge in [-0.25, -0.2) is 0 Å². The van der Waals surface area contributed by atoms with Crippen molar-refractivity contribution >= 4 is 17.3 Å². The summed E-state index contributed by atoms with van der Waals surface area (Å²) in [5.74, 6) is 0.106. The maximum absolute atomic E-state index is 9.39. The van der Waals surface area contributed by atoms with E-state index in [-0.39, 0.29) is 11.8 Å². The molecule has 2 aromatic rings. The lowest BCUT2D eigenvalue weighted by molar-refractivity contribution is 0.475. The minimum atomic E-state index is 0.106. The van der Waals surface area contributed by atoms with Crippen LogP contribution in [0.3, 0.4) is 0 Å². The summed E-state index contributed by atoms with van der Waals surface area (Å²) in [5, 5.41) is 13.2. The third-order valence-electron chi connectivity index (χ3n) is 2.90. The van der Waals surface area contributed by atoms with E-state index < -0.39 is 0 Å². The number of nitrogens with one attached hydrogen (secondary N) is 1. The highest BCUT2D eigenvalue weighted by atomic mass is 35.5. The molecule has 0 aliphatic heterocycles. The van der Waals surface area contributed by atoms with E-state index in [1.165, 1.54) is 5.56 Å². The number of rotatable bonds is 4. The number of phenolic OH excluding ortho intramolecular Hbond substituents is 1. The van der Waals surface area contributed by atoms with E-state index in [4.69, 9.17) is 11.6 Å². The molecular weight excluding hydrogens is 246 g/mol. The number of hydrogen-bond donors (Lipinski definition) is 2. The summed E-state index contributed by atoms with van der Waals surface area (Å²) in [6, 6.07) is 15.7. The molecule has 1 atom stereocenters. The Kier molecular flexibility index (Phi) is 4.11. The quantitative estimate of drug-likeness (QED) is 0.788. The van der Waals surface area contributed by atoms with E-state index in [1.807, 2.05) is 24.3 Å². The lowest BCUT2D eigenvalue weighted by atomic mass is 10.0. The SMILES string of the molecule is CCC(Nc1ccc(O)c(Cl)c1)c1ccccc1. The second kappa shape index (κ2) is 5.78. The van der Waals surface area contributed by atoms with Gasteiger partial charge in [-0.1, -0.05) is 48.9 Å². The molecule has 0 radical (unpaired) electrons. The van der Waals surface area contributed by atoms with Crippen LogP contribution in [-0.4, -0.2) is 5.11 Å². The van der Waals surface area contributed by atoms with E-state index in [1.54, 1.807) is 12.1 Å². The molecule has 2 N–H and O–H groups in total. The van der Waals surface area contributed by atoms with Gasteiger partial charge in [0.05, 0.1) is 11.1 Å². The molecule has 0 bridgehead atoms. The Labute approximate surface area is 112 Å². The molecule has 1 unspecified atom stereocenters. The van der Waals surface area contributed by atoms with Gasteiger partial charge in [-0.05, 0) is 30.2 Å². The van der Waals surface area contributed by atoms with E-state index in [0.29, 0.717) is 5.02 Å². The van der Waals surface area contributed by atoms with Crippen molar-refractivity contribution in [2.45, 2.75) is 19.4 Å². The minimum Gasteiger partial charge on any atom is -0.506 e. The van der Waals surface area contributed by atoms with Crippen LogP contribution in [0.15, 0.2) is 48.5 Å². The first-order valence-electron chi connectivity index (χ1n) is 6.00. The molecule has 0 amide bonds. The second-order valence-electron chi connectivity index (χ2n) is 4.18. The van der Waals surface area contributed by atoms with Crippen molar-refractivity contribution in [3.05, 3.63) is 59.1 Å². The molecule has 0 aromatic heterocycles. The number of halogens is 1. The van der Waals surface area contributed by atoms with Crippen LogP contribution in [0.4, 0.5) is 5.69 Å². The van der Waals surface area contributed by atoms with Gasteiger partial charge in [-0.3, -0.25) is 0 Å². The van der Waals surface area contributed by atoms with Crippen molar-refractivity contribution in [1.29, 1.82) is 0 Å². The molecular formula is C15H16ClNO. The summed E-state index contributed by atoms with van der Waals surface area (Å²) in [7, 11) is 0. The maximum atomic E-state index is 9.39. The molecule has 2 nitrogen and oxygen atoms in total. The first-order valence-corrected chi connectivity index (χ1v) is 6.38. The first-order chi connectivity index (χ1) is 8.70. The van der Waals surface area contributed by atoms with Gasteiger partial charge in [-0.15, -0.1) is 0 Å². The van der Waals surface area contributed by atoms with Crippen molar-refractivity contribution in [2.75, 3.05) is 5.32 Å². The van der Waals surface area contributed by atoms with Gasteiger partial charge in [0.25, 0.3) is 0 Å². The van der Waals surface area contributed by atoms with E-state index in [0.717, 1.165) is 12.1 Å². The van der Waals surface area contributed by atoms with Gasteiger partial charge in [0.2, 0.25) is 0 Å². The first kappa shape index (κ1) is 12.8.